The minimum Gasteiger partial charge on any atom is -0.480 e. The Hall–Kier alpha value is -4.62. The number of benzene rings is 1. The Morgan fingerprint density at radius 3 is 2.56 bits per heavy atom. The molecule has 0 radical (unpaired) electrons. The number of hydrogen-bond acceptors (Lipinski definition) is 8. The number of H-pyrrole nitrogens is 1. The molecule has 1 N–H and O–H groups in total. The van der Waals surface area contributed by atoms with Crippen LogP contribution < -0.4 is 9.47 Å². The van der Waals surface area contributed by atoms with Crippen molar-refractivity contribution in [1.29, 1.82) is 0 Å². The molecule has 4 heterocycles. The molecule has 1 aliphatic carbocycles. The van der Waals surface area contributed by atoms with E-state index in [9.17, 15) is 13.2 Å². The van der Waals surface area contributed by atoms with Crippen molar-refractivity contribution in [2.75, 3.05) is 7.11 Å². The molecule has 0 atom stereocenters. The molecule has 1 saturated carbocycles. The first kappa shape index (κ1) is 26.6. The SMILES string of the molecule is COc1ncnc(C2CC2)c1-c1nc(OCc2ccc(-c3nc(C(F)(F)F)cn3C(C)C)cc2F)c2[nH]cnc2n1. The van der Waals surface area contributed by atoms with Crippen LogP contribution >= 0.6 is 0 Å². The van der Waals surface area contributed by atoms with Crippen LogP contribution in [-0.4, -0.2) is 46.6 Å². The van der Waals surface area contributed by atoms with Crippen LogP contribution in [0.15, 0.2) is 37.1 Å². The molecular weight excluding hydrogens is 544 g/mol. The van der Waals surface area contributed by atoms with Crippen LogP contribution in [0.25, 0.3) is 33.9 Å². The lowest BCUT2D eigenvalue weighted by atomic mass is 10.1. The highest BCUT2D eigenvalue weighted by atomic mass is 19.4. The summed E-state index contributed by atoms with van der Waals surface area (Å²) in [5.41, 5.74) is 1.39. The third kappa shape index (κ3) is 5.05. The second-order valence-electron chi connectivity index (χ2n) is 9.91. The van der Waals surface area contributed by atoms with Gasteiger partial charge in [-0.2, -0.15) is 18.2 Å². The standard InChI is InChI=1S/C27H24F4N8O2/c1-13(2)39-9-18(27(29,30)31)36-24(39)15-6-7-16(17(28)8-15)10-41-26-21-23(34-11-33-21)37-22(38-26)19-20(14-4-5-14)32-12-35-25(19)40-3/h6-9,11-14H,4-5,10H2,1-3H3,(H,33,34,37,38). The number of halogens is 4. The van der Waals surface area contributed by atoms with Gasteiger partial charge in [-0.3, -0.25) is 0 Å². The largest absolute Gasteiger partial charge is 0.480 e. The van der Waals surface area contributed by atoms with Crippen molar-refractivity contribution in [1.82, 2.24) is 39.5 Å². The normalized spacial score (nSPS) is 13.8. The molecule has 6 rings (SSSR count). The van der Waals surface area contributed by atoms with Crippen LogP contribution in [0, 0.1) is 5.82 Å². The Kier molecular flexibility index (Phi) is 6.54. The number of nitrogens with zero attached hydrogens (tertiary/aromatic N) is 7. The summed E-state index contributed by atoms with van der Waals surface area (Å²) in [6, 6.07) is 3.78. The fourth-order valence-electron chi connectivity index (χ4n) is 4.52. The summed E-state index contributed by atoms with van der Waals surface area (Å²) in [5, 5.41) is 0. The molecule has 4 aromatic heterocycles. The van der Waals surface area contributed by atoms with Gasteiger partial charge in [0, 0.05) is 29.3 Å². The molecule has 0 bridgehead atoms. The first-order valence-electron chi connectivity index (χ1n) is 12.8. The smallest absolute Gasteiger partial charge is 0.434 e. The Morgan fingerprint density at radius 1 is 1.07 bits per heavy atom. The van der Waals surface area contributed by atoms with Crippen LogP contribution in [-0.2, 0) is 12.8 Å². The summed E-state index contributed by atoms with van der Waals surface area (Å²) in [5.74, 6) is 0.302. The Morgan fingerprint density at radius 2 is 1.88 bits per heavy atom. The number of imidazole rings is 2. The molecule has 0 saturated heterocycles. The van der Waals surface area contributed by atoms with Crippen molar-refractivity contribution in [3.63, 3.8) is 0 Å². The summed E-state index contributed by atoms with van der Waals surface area (Å²) >= 11 is 0. The fraction of sp³-hybridized carbons (Fsp3) is 0.333. The van der Waals surface area contributed by atoms with E-state index in [0.29, 0.717) is 22.6 Å². The number of fused-ring (bicyclic) bond motifs is 1. The maximum absolute atomic E-state index is 15.2. The monoisotopic (exact) mass is 568 g/mol. The van der Waals surface area contributed by atoms with E-state index in [1.54, 1.807) is 13.8 Å². The lowest BCUT2D eigenvalue weighted by Gasteiger charge is -2.13. The van der Waals surface area contributed by atoms with Gasteiger partial charge in [0.15, 0.2) is 17.2 Å². The van der Waals surface area contributed by atoms with E-state index in [1.807, 2.05) is 0 Å². The van der Waals surface area contributed by atoms with Gasteiger partial charge in [0.25, 0.3) is 0 Å². The second-order valence-corrected chi connectivity index (χ2v) is 9.91. The zero-order valence-electron chi connectivity index (χ0n) is 22.2. The van der Waals surface area contributed by atoms with Crippen molar-refractivity contribution in [2.24, 2.45) is 0 Å². The zero-order valence-corrected chi connectivity index (χ0v) is 22.2. The molecule has 1 aromatic carbocycles. The minimum absolute atomic E-state index is 0.0174. The number of aromatic nitrogens is 8. The first-order chi connectivity index (χ1) is 19.6. The van der Waals surface area contributed by atoms with Gasteiger partial charge in [-0.05, 0) is 32.8 Å². The van der Waals surface area contributed by atoms with Gasteiger partial charge in [-0.25, -0.2) is 29.3 Å². The maximum Gasteiger partial charge on any atom is 0.434 e. The highest BCUT2D eigenvalue weighted by molar-refractivity contribution is 5.79. The topological polar surface area (TPSA) is 117 Å². The summed E-state index contributed by atoms with van der Waals surface area (Å²) in [4.78, 5) is 28.7. The third-order valence-electron chi connectivity index (χ3n) is 6.73. The van der Waals surface area contributed by atoms with Crippen LogP contribution in [0.1, 0.15) is 55.6 Å². The van der Waals surface area contributed by atoms with Crippen LogP contribution in [0.2, 0.25) is 0 Å². The molecule has 212 valence electrons. The fourth-order valence-corrected chi connectivity index (χ4v) is 4.52. The Balaban J connectivity index is 1.32. The summed E-state index contributed by atoms with van der Waals surface area (Å²) < 4.78 is 67.9. The van der Waals surface area contributed by atoms with Gasteiger partial charge >= 0.3 is 6.18 Å². The van der Waals surface area contributed by atoms with E-state index in [-0.39, 0.29) is 47.2 Å². The average Bonchev–Trinajstić information content (AvgIpc) is 3.48. The van der Waals surface area contributed by atoms with Gasteiger partial charge in [0.05, 0.1) is 19.1 Å². The molecule has 1 aliphatic rings. The van der Waals surface area contributed by atoms with E-state index in [2.05, 4.69) is 34.9 Å². The molecule has 0 spiro atoms. The van der Waals surface area contributed by atoms with Crippen molar-refractivity contribution < 1.29 is 27.0 Å². The predicted octanol–water partition coefficient (Wildman–Crippen LogP) is 5.88. The van der Waals surface area contributed by atoms with E-state index in [0.717, 1.165) is 30.8 Å². The van der Waals surface area contributed by atoms with Gasteiger partial charge in [0.2, 0.25) is 11.8 Å². The van der Waals surface area contributed by atoms with Crippen molar-refractivity contribution in [3.05, 3.63) is 59.8 Å². The number of nitrogens with one attached hydrogen (secondary N) is 1. The summed E-state index contributed by atoms with van der Waals surface area (Å²) in [6.45, 7) is 3.22. The molecule has 14 heteroatoms. The molecule has 10 nitrogen and oxygen atoms in total. The van der Waals surface area contributed by atoms with E-state index < -0.39 is 17.7 Å². The second kappa shape index (κ2) is 10.1. The van der Waals surface area contributed by atoms with Crippen LogP contribution in [0.5, 0.6) is 11.8 Å². The van der Waals surface area contributed by atoms with Crippen LogP contribution in [0.4, 0.5) is 17.6 Å². The lowest BCUT2D eigenvalue weighted by Crippen LogP contribution is -2.06. The Bertz CT molecular complexity index is 1740. The molecule has 0 unspecified atom stereocenters. The molecule has 5 aromatic rings. The number of rotatable bonds is 8. The lowest BCUT2D eigenvalue weighted by molar-refractivity contribution is -0.140. The van der Waals surface area contributed by atoms with Gasteiger partial charge < -0.3 is 19.0 Å². The van der Waals surface area contributed by atoms with Gasteiger partial charge in [-0.1, -0.05) is 12.1 Å². The number of aromatic amines is 1. The third-order valence-corrected chi connectivity index (χ3v) is 6.73. The summed E-state index contributed by atoms with van der Waals surface area (Å²) in [6.07, 6.45) is 1.14. The Labute approximate surface area is 230 Å². The number of ether oxygens (including phenoxy) is 2. The van der Waals surface area contributed by atoms with Crippen molar-refractivity contribution in [3.8, 4) is 34.5 Å². The zero-order chi connectivity index (χ0) is 28.9. The van der Waals surface area contributed by atoms with Gasteiger partial charge in [0.1, 0.15) is 35.7 Å². The highest BCUT2D eigenvalue weighted by Crippen LogP contribution is 2.45. The van der Waals surface area contributed by atoms with E-state index in [4.69, 9.17) is 9.47 Å². The quantitative estimate of drug-likeness (QED) is 0.231. The molecule has 0 amide bonds. The predicted molar refractivity (Wildman–Crippen MR) is 139 cm³/mol. The highest BCUT2D eigenvalue weighted by Gasteiger charge is 2.35. The summed E-state index contributed by atoms with van der Waals surface area (Å²) in [7, 11) is 1.50. The van der Waals surface area contributed by atoms with Gasteiger partial charge in [-0.15, -0.1) is 0 Å². The van der Waals surface area contributed by atoms with E-state index >= 15 is 4.39 Å². The van der Waals surface area contributed by atoms with Crippen molar-refractivity contribution in [2.45, 2.75) is 51.4 Å². The molecular formula is C27H24F4N8O2. The maximum atomic E-state index is 15.2. The van der Waals surface area contributed by atoms with Crippen LogP contribution in [0.3, 0.4) is 0 Å². The average molecular weight is 569 g/mol. The van der Waals surface area contributed by atoms with E-state index in [1.165, 1.54) is 36.5 Å². The minimum atomic E-state index is -4.62. The molecule has 0 aliphatic heterocycles. The number of methoxy groups -OCH3 is 1. The number of hydrogen-bond donors (Lipinski definition) is 1. The first-order valence-corrected chi connectivity index (χ1v) is 12.8. The molecule has 1 fully saturated rings. The number of alkyl halides is 3. The molecule has 41 heavy (non-hydrogen) atoms. The van der Waals surface area contributed by atoms with Crippen molar-refractivity contribution >= 4 is 11.2 Å².